The van der Waals surface area contributed by atoms with E-state index in [0.29, 0.717) is 27.6 Å². The summed E-state index contributed by atoms with van der Waals surface area (Å²) in [4.78, 5) is 0. The van der Waals surface area contributed by atoms with E-state index in [-0.39, 0.29) is 6.10 Å². The van der Waals surface area contributed by atoms with Crippen molar-refractivity contribution in [2.24, 2.45) is 17.6 Å². The minimum absolute atomic E-state index is 0.256. The van der Waals surface area contributed by atoms with Crippen molar-refractivity contribution in [2.45, 2.75) is 45.1 Å². The Morgan fingerprint density at radius 2 is 2.00 bits per heavy atom. The average molecular weight is 316 g/mol. The molecule has 0 radical (unpaired) electrons. The number of hydrogen-bond acceptors (Lipinski definition) is 2. The van der Waals surface area contributed by atoms with Crippen LogP contribution in [-0.2, 0) is 0 Å². The molecule has 0 aromatic heterocycles. The number of nitrogens with two attached hydrogens (primary N) is 1. The van der Waals surface area contributed by atoms with E-state index in [0.717, 1.165) is 25.8 Å². The van der Waals surface area contributed by atoms with Gasteiger partial charge in [0.1, 0.15) is 11.9 Å². The van der Waals surface area contributed by atoms with Gasteiger partial charge in [-0.1, -0.05) is 30.1 Å². The first-order valence-electron chi connectivity index (χ1n) is 7.42. The van der Waals surface area contributed by atoms with Gasteiger partial charge < -0.3 is 10.5 Å². The van der Waals surface area contributed by atoms with Crippen LogP contribution in [0, 0.1) is 11.8 Å². The van der Waals surface area contributed by atoms with Gasteiger partial charge in [-0.2, -0.15) is 0 Å². The molecule has 0 aliphatic heterocycles. The van der Waals surface area contributed by atoms with Gasteiger partial charge >= 0.3 is 0 Å². The SMILES string of the molecule is CC(CCN)CCC(Oc1cc(Cl)ccc1Cl)C1CC1. The Morgan fingerprint density at radius 3 is 2.65 bits per heavy atom. The minimum atomic E-state index is 0.256. The maximum absolute atomic E-state index is 6.18. The van der Waals surface area contributed by atoms with Crippen LogP contribution in [-0.4, -0.2) is 12.6 Å². The van der Waals surface area contributed by atoms with Crippen LogP contribution in [0.5, 0.6) is 5.75 Å². The van der Waals surface area contributed by atoms with Gasteiger partial charge in [0, 0.05) is 11.1 Å². The molecule has 2 rings (SSSR count). The molecular weight excluding hydrogens is 293 g/mol. The molecule has 2 unspecified atom stereocenters. The lowest BCUT2D eigenvalue weighted by atomic mass is 9.98. The Labute approximate surface area is 131 Å². The molecule has 0 saturated heterocycles. The predicted molar refractivity (Wildman–Crippen MR) is 85.7 cm³/mol. The summed E-state index contributed by atoms with van der Waals surface area (Å²) in [6.45, 7) is 3.01. The number of halogens is 2. The topological polar surface area (TPSA) is 35.2 Å². The van der Waals surface area contributed by atoms with Crippen molar-refractivity contribution >= 4 is 23.2 Å². The molecule has 20 heavy (non-hydrogen) atoms. The Balaban J connectivity index is 1.93. The highest BCUT2D eigenvalue weighted by Crippen LogP contribution is 2.39. The van der Waals surface area contributed by atoms with Gasteiger partial charge in [-0.25, -0.2) is 0 Å². The molecule has 1 saturated carbocycles. The second-order valence-electron chi connectivity index (χ2n) is 5.83. The van der Waals surface area contributed by atoms with Gasteiger partial charge in [0.2, 0.25) is 0 Å². The molecule has 112 valence electrons. The summed E-state index contributed by atoms with van der Waals surface area (Å²) in [5, 5.41) is 1.30. The van der Waals surface area contributed by atoms with E-state index in [1.54, 1.807) is 12.1 Å². The molecular formula is C16H23Cl2NO. The normalized spacial score (nSPS) is 17.8. The predicted octanol–water partition coefficient (Wildman–Crippen LogP) is 4.92. The van der Waals surface area contributed by atoms with Gasteiger partial charge in [0.05, 0.1) is 5.02 Å². The smallest absolute Gasteiger partial charge is 0.139 e. The molecule has 1 aliphatic rings. The Hall–Kier alpha value is -0.440. The zero-order valence-electron chi connectivity index (χ0n) is 11.9. The van der Waals surface area contributed by atoms with Crippen LogP contribution in [0.2, 0.25) is 10.0 Å². The van der Waals surface area contributed by atoms with Crippen LogP contribution in [0.15, 0.2) is 18.2 Å². The quantitative estimate of drug-likeness (QED) is 0.739. The van der Waals surface area contributed by atoms with Crippen molar-refractivity contribution in [3.63, 3.8) is 0 Å². The van der Waals surface area contributed by atoms with Crippen LogP contribution in [0.4, 0.5) is 0 Å². The van der Waals surface area contributed by atoms with Crippen molar-refractivity contribution in [2.75, 3.05) is 6.54 Å². The molecule has 1 aromatic rings. The van der Waals surface area contributed by atoms with E-state index in [4.69, 9.17) is 33.7 Å². The first-order valence-corrected chi connectivity index (χ1v) is 8.17. The summed E-state index contributed by atoms with van der Waals surface area (Å²) in [5.41, 5.74) is 5.60. The van der Waals surface area contributed by atoms with E-state index >= 15 is 0 Å². The fourth-order valence-electron chi connectivity index (χ4n) is 2.47. The van der Waals surface area contributed by atoms with Crippen molar-refractivity contribution in [3.05, 3.63) is 28.2 Å². The van der Waals surface area contributed by atoms with Crippen molar-refractivity contribution in [3.8, 4) is 5.75 Å². The molecule has 1 aliphatic carbocycles. The van der Waals surface area contributed by atoms with Crippen LogP contribution >= 0.6 is 23.2 Å². The zero-order valence-corrected chi connectivity index (χ0v) is 13.5. The van der Waals surface area contributed by atoms with Crippen molar-refractivity contribution < 1.29 is 4.74 Å². The summed E-state index contributed by atoms with van der Waals surface area (Å²) in [7, 11) is 0. The van der Waals surface area contributed by atoms with Crippen LogP contribution in [0.3, 0.4) is 0 Å². The molecule has 0 amide bonds. The summed E-state index contributed by atoms with van der Waals surface area (Å²) in [6, 6.07) is 5.38. The van der Waals surface area contributed by atoms with Gasteiger partial charge in [0.15, 0.2) is 0 Å². The van der Waals surface area contributed by atoms with E-state index in [1.165, 1.54) is 12.8 Å². The monoisotopic (exact) mass is 315 g/mol. The third-order valence-corrected chi connectivity index (χ3v) is 4.47. The summed E-state index contributed by atoms with van der Waals surface area (Å²) < 4.78 is 6.13. The van der Waals surface area contributed by atoms with Gasteiger partial charge in [-0.3, -0.25) is 0 Å². The highest BCUT2D eigenvalue weighted by molar-refractivity contribution is 6.34. The van der Waals surface area contributed by atoms with Crippen LogP contribution in [0.1, 0.15) is 39.0 Å². The number of hydrogen-bond donors (Lipinski definition) is 1. The third-order valence-electron chi connectivity index (χ3n) is 3.92. The van der Waals surface area contributed by atoms with Crippen LogP contribution < -0.4 is 10.5 Å². The molecule has 1 aromatic carbocycles. The standard InChI is InChI=1S/C16H23Cl2NO/c1-11(8-9-19)2-7-15(12-3-4-12)20-16-10-13(17)5-6-14(16)18/h5-6,10-12,15H,2-4,7-9,19H2,1H3. The first-order chi connectivity index (χ1) is 9.60. The highest BCUT2D eigenvalue weighted by atomic mass is 35.5. The molecule has 0 heterocycles. The van der Waals surface area contributed by atoms with Crippen molar-refractivity contribution in [1.82, 2.24) is 0 Å². The molecule has 0 spiro atoms. The molecule has 2 nitrogen and oxygen atoms in total. The lowest BCUT2D eigenvalue weighted by molar-refractivity contribution is 0.158. The van der Waals surface area contributed by atoms with Crippen molar-refractivity contribution in [1.29, 1.82) is 0 Å². The Bertz CT molecular complexity index is 434. The fraction of sp³-hybridized carbons (Fsp3) is 0.625. The largest absolute Gasteiger partial charge is 0.489 e. The van der Waals surface area contributed by atoms with Crippen LogP contribution in [0.25, 0.3) is 0 Å². The molecule has 0 bridgehead atoms. The highest BCUT2D eigenvalue weighted by Gasteiger charge is 2.33. The lowest BCUT2D eigenvalue weighted by Crippen LogP contribution is -2.20. The lowest BCUT2D eigenvalue weighted by Gasteiger charge is -2.21. The van der Waals surface area contributed by atoms with Gasteiger partial charge in [-0.15, -0.1) is 0 Å². The Kier molecular flexibility index (Phi) is 6.01. The maximum Gasteiger partial charge on any atom is 0.139 e. The molecule has 1 fully saturated rings. The summed E-state index contributed by atoms with van der Waals surface area (Å²) >= 11 is 12.2. The van der Waals surface area contributed by atoms with E-state index < -0.39 is 0 Å². The van der Waals surface area contributed by atoms with E-state index in [9.17, 15) is 0 Å². The second-order valence-corrected chi connectivity index (χ2v) is 6.67. The summed E-state index contributed by atoms with van der Waals surface area (Å²) in [6.07, 6.45) is 6.06. The van der Waals surface area contributed by atoms with E-state index in [2.05, 4.69) is 6.92 Å². The van der Waals surface area contributed by atoms with Gasteiger partial charge in [0.25, 0.3) is 0 Å². The Morgan fingerprint density at radius 1 is 1.25 bits per heavy atom. The summed E-state index contributed by atoms with van der Waals surface area (Å²) in [5.74, 6) is 2.04. The fourth-order valence-corrected chi connectivity index (χ4v) is 2.79. The van der Waals surface area contributed by atoms with Gasteiger partial charge in [-0.05, 0) is 62.6 Å². The molecule has 2 atom stereocenters. The number of benzene rings is 1. The zero-order chi connectivity index (χ0) is 14.5. The average Bonchev–Trinajstić information content (AvgIpc) is 3.23. The maximum atomic E-state index is 6.18. The second kappa shape index (κ2) is 7.53. The minimum Gasteiger partial charge on any atom is -0.489 e. The first kappa shape index (κ1) is 15.9. The third kappa shape index (κ3) is 4.83. The number of ether oxygens (including phenoxy) is 1. The molecule has 2 N–H and O–H groups in total. The number of rotatable bonds is 8. The van der Waals surface area contributed by atoms with E-state index in [1.807, 2.05) is 6.07 Å². The molecule has 4 heteroatoms.